The van der Waals surface area contributed by atoms with E-state index in [0.29, 0.717) is 5.92 Å². The molecule has 2 saturated carbocycles. The Labute approximate surface area is 113 Å². The van der Waals surface area contributed by atoms with Crippen LogP contribution in [-0.4, -0.2) is 37.0 Å². The lowest BCUT2D eigenvalue weighted by Crippen LogP contribution is -2.44. The standard InChI is InChI=1S/C13H18N2O3S/c1-12(2)9-4-5-13(12)8-19(17,18)15(10(13)6-9)11(16)7-14-3/h9-10H,4-8H2,1-2H3/t9-,10-,13-/m0/s1. The number of carbonyl (C=O) groups excluding carboxylic acids is 1. The molecule has 1 saturated heterocycles. The molecule has 2 aliphatic carbocycles. The summed E-state index contributed by atoms with van der Waals surface area (Å²) in [6.07, 6.45) is 2.72. The highest BCUT2D eigenvalue weighted by Gasteiger charge is 2.72. The molecular weight excluding hydrogens is 264 g/mol. The number of hydrogen-bond acceptors (Lipinski definition) is 3. The van der Waals surface area contributed by atoms with E-state index in [2.05, 4.69) is 18.7 Å². The van der Waals surface area contributed by atoms with Crippen LogP contribution < -0.4 is 0 Å². The summed E-state index contributed by atoms with van der Waals surface area (Å²) in [6.45, 7) is 10.7. The van der Waals surface area contributed by atoms with Gasteiger partial charge in [-0.25, -0.2) is 19.3 Å². The highest BCUT2D eigenvalue weighted by atomic mass is 32.2. The summed E-state index contributed by atoms with van der Waals surface area (Å²) in [5.74, 6) is 0.0363. The van der Waals surface area contributed by atoms with Gasteiger partial charge in [-0.15, -0.1) is 0 Å². The number of fused-ring (bicyclic) bond motifs is 1. The number of sulfonamides is 1. The smallest absolute Gasteiger partial charge is 0.306 e. The Morgan fingerprint density at radius 1 is 1.47 bits per heavy atom. The van der Waals surface area contributed by atoms with E-state index in [-0.39, 0.29) is 29.2 Å². The van der Waals surface area contributed by atoms with Crippen molar-refractivity contribution in [3.05, 3.63) is 11.4 Å². The number of amides is 1. The highest BCUT2D eigenvalue weighted by molar-refractivity contribution is 7.90. The Bertz CT molecular complexity index is 589. The summed E-state index contributed by atoms with van der Waals surface area (Å²) in [5, 5.41) is 0. The molecule has 3 aliphatic rings. The van der Waals surface area contributed by atoms with Gasteiger partial charge in [0.15, 0.2) is 0 Å². The van der Waals surface area contributed by atoms with E-state index in [1.807, 2.05) is 0 Å². The molecule has 3 fully saturated rings. The molecule has 3 atom stereocenters. The van der Waals surface area contributed by atoms with Gasteiger partial charge in [-0.2, -0.15) is 0 Å². The molecule has 1 spiro atoms. The molecule has 0 unspecified atom stereocenters. The molecular formula is C13H18N2O3S. The SMILES string of the molecule is [C-]#[N+]CC(=O)N1[C@H]2C[C@@H]3CC[C@@]2(CS1(=O)=O)C3(C)C. The average molecular weight is 282 g/mol. The fourth-order valence-electron chi connectivity index (χ4n) is 4.75. The summed E-state index contributed by atoms with van der Waals surface area (Å²) in [7, 11) is -3.54. The van der Waals surface area contributed by atoms with Crippen LogP contribution in [0, 0.1) is 23.3 Å². The number of hydrogen-bond donors (Lipinski definition) is 0. The summed E-state index contributed by atoms with van der Waals surface area (Å²) in [6, 6.07) is -0.208. The lowest BCUT2D eigenvalue weighted by molar-refractivity contribution is -0.126. The van der Waals surface area contributed by atoms with Gasteiger partial charge in [-0.1, -0.05) is 13.8 Å². The van der Waals surface area contributed by atoms with Crippen LogP contribution in [-0.2, 0) is 14.8 Å². The van der Waals surface area contributed by atoms with Gasteiger partial charge in [0, 0.05) is 5.41 Å². The number of carbonyl (C=O) groups is 1. The third kappa shape index (κ3) is 1.34. The van der Waals surface area contributed by atoms with Crippen molar-refractivity contribution in [3.8, 4) is 0 Å². The van der Waals surface area contributed by atoms with Gasteiger partial charge < -0.3 is 4.85 Å². The zero-order valence-corrected chi connectivity index (χ0v) is 12.0. The first-order chi connectivity index (χ1) is 8.76. The normalized spacial score (nSPS) is 41.0. The summed E-state index contributed by atoms with van der Waals surface area (Å²) in [4.78, 5) is 15.1. The van der Waals surface area contributed by atoms with Crippen LogP contribution in [0.1, 0.15) is 33.1 Å². The first kappa shape index (κ1) is 12.9. The molecule has 3 rings (SSSR count). The van der Waals surface area contributed by atoms with E-state index in [9.17, 15) is 13.2 Å². The predicted octanol–water partition coefficient (Wildman–Crippen LogP) is 1.27. The Kier molecular flexibility index (Phi) is 2.39. The Morgan fingerprint density at radius 3 is 2.74 bits per heavy atom. The lowest BCUT2D eigenvalue weighted by Gasteiger charge is -2.36. The average Bonchev–Trinajstić information content (AvgIpc) is 2.75. The molecule has 0 aromatic rings. The Balaban J connectivity index is 2.07. The van der Waals surface area contributed by atoms with Crippen molar-refractivity contribution in [3.63, 3.8) is 0 Å². The van der Waals surface area contributed by atoms with Gasteiger partial charge in [0.1, 0.15) is 0 Å². The van der Waals surface area contributed by atoms with Crippen LogP contribution in [0.25, 0.3) is 4.85 Å². The first-order valence-electron chi connectivity index (χ1n) is 6.64. The monoisotopic (exact) mass is 282 g/mol. The van der Waals surface area contributed by atoms with Gasteiger partial charge >= 0.3 is 5.91 Å². The van der Waals surface area contributed by atoms with Crippen LogP contribution in [0.4, 0.5) is 0 Å². The Hall–Kier alpha value is -1.09. The number of nitrogens with zero attached hydrogens (tertiary/aromatic N) is 2. The summed E-state index contributed by atoms with van der Waals surface area (Å²) >= 11 is 0. The molecule has 5 nitrogen and oxygen atoms in total. The molecule has 0 N–H and O–H groups in total. The van der Waals surface area contributed by atoms with Crippen LogP contribution >= 0.6 is 0 Å². The van der Waals surface area contributed by atoms with Gasteiger partial charge in [-0.3, -0.25) is 4.79 Å². The molecule has 0 aromatic carbocycles. The third-order valence-corrected chi connectivity index (χ3v) is 7.81. The van der Waals surface area contributed by atoms with Crippen LogP contribution in [0.5, 0.6) is 0 Å². The maximum Gasteiger partial charge on any atom is 0.316 e. The fourth-order valence-corrected chi connectivity index (χ4v) is 7.30. The second-order valence-corrected chi connectivity index (χ2v) is 8.47. The van der Waals surface area contributed by atoms with E-state index < -0.39 is 15.9 Å². The molecule has 0 radical (unpaired) electrons. The molecule has 19 heavy (non-hydrogen) atoms. The van der Waals surface area contributed by atoms with Crippen molar-refractivity contribution in [2.24, 2.45) is 16.7 Å². The summed E-state index contributed by atoms with van der Waals surface area (Å²) < 4.78 is 25.8. The second-order valence-electron chi connectivity index (χ2n) is 6.63. The quantitative estimate of drug-likeness (QED) is 0.681. The van der Waals surface area contributed by atoms with Crippen molar-refractivity contribution >= 4 is 15.9 Å². The topological polar surface area (TPSA) is 58.8 Å². The van der Waals surface area contributed by atoms with Crippen molar-refractivity contribution in [2.75, 3.05) is 12.3 Å². The molecule has 1 amide bonds. The molecule has 2 bridgehead atoms. The minimum atomic E-state index is -3.54. The maximum atomic E-state index is 12.4. The number of rotatable bonds is 1. The van der Waals surface area contributed by atoms with E-state index in [1.54, 1.807) is 0 Å². The van der Waals surface area contributed by atoms with E-state index in [0.717, 1.165) is 23.6 Å². The van der Waals surface area contributed by atoms with Crippen LogP contribution in [0.15, 0.2) is 0 Å². The largest absolute Gasteiger partial charge is 0.316 e. The van der Waals surface area contributed by atoms with Gasteiger partial charge in [-0.05, 0) is 30.6 Å². The van der Waals surface area contributed by atoms with E-state index >= 15 is 0 Å². The predicted molar refractivity (Wildman–Crippen MR) is 69.4 cm³/mol. The molecule has 104 valence electrons. The van der Waals surface area contributed by atoms with Gasteiger partial charge in [0.2, 0.25) is 10.0 Å². The Morgan fingerprint density at radius 2 is 2.16 bits per heavy atom. The summed E-state index contributed by atoms with van der Waals surface area (Å²) in [5.41, 5.74) is -0.313. The van der Waals surface area contributed by atoms with E-state index in [4.69, 9.17) is 6.57 Å². The van der Waals surface area contributed by atoms with Crippen molar-refractivity contribution in [2.45, 2.75) is 39.2 Å². The molecule has 6 heteroatoms. The molecule has 0 aromatic heterocycles. The lowest BCUT2D eigenvalue weighted by atomic mass is 9.69. The zero-order chi connectivity index (χ0) is 14.1. The third-order valence-electron chi connectivity index (χ3n) is 5.87. The van der Waals surface area contributed by atoms with Gasteiger partial charge in [0.05, 0.1) is 11.8 Å². The fraction of sp³-hybridized carbons (Fsp3) is 0.846. The zero-order valence-electron chi connectivity index (χ0n) is 11.2. The minimum absolute atomic E-state index is 0.0299. The maximum absolute atomic E-state index is 12.4. The van der Waals surface area contributed by atoms with Crippen LogP contribution in [0.3, 0.4) is 0 Å². The van der Waals surface area contributed by atoms with Crippen molar-refractivity contribution < 1.29 is 13.2 Å². The minimum Gasteiger partial charge on any atom is -0.306 e. The van der Waals surface area contributed by atoms with Gasteiger partial charge in [0.25, 0.3) is 6.54 Å². The molecule has 1 aliphatic heterocycles. The first-order valence-corrected chi connectivity index (χ1v) is 8.25. The van der Waals surface area contributed by atoms with E-state index in [1.165, 1.54) is 0 Å². The van der Waals surface area contributed by atoms with Crippen LogP contribution in [0.2, 0.25) is 0 Å². The van der Waals surface area contributed by atoms with Crippen molar-refractivity contribution in [1.82, 2.24) is 4.31 Å². The van der Waals surface area contributed by atoms with Crippen molar-refractivity contribution in [1.29, 1.82) is 0 Å². The molecule has 1 heterocycles. The second kappa shape index (κ2) is 3.51. The highest BCUT2D eigenvalue weighted by Crippen LogP contribution is 2.69.